The monoisotopic (exact) mass is 457 g/mol. The molecule has 2 aromatic carbocycles. The fraction of sp³-hybridized carbons (Fsp3) is 0.393. The van der Waals surface area contributed by atoms with E-state index in [1.807, 2.05) is 23.1 Å². The van der Waals surface area contributed by atoms with Gasteiger partial charge >= 0.3 is 6.03 Å². The van der Waals surface area contributed by atoms with Crippen LogP contribution in [0.15, 0.2) is 42.5 Å². The Labute approximate surface area is 203 Å². The number of anilines is 2. The van der Waals surface area contributed by atoms with Crippen LogP contribution in [-0.4, -0.2) is 47.1 Å². The van der Waals surface area contributed by atoms with E-state index < -0.39 is 0 Å². The molecule has 1 saturated heterocycles. The van der Waals surface area contributed by atoms with E-state index in [2.05, 4.69) is 76.0 Å². The molecule has 2 amide bonds. The van der Waals surface area contributed by atoms with Crippen LogP contribution in [0.5, 0.6) is 0 Å². The molecule has 6 nitrogen and oxygen atoms in total. The Morgan fingerprint density at radius 1 is 0.882 bits per heavy atom. The number of benzene rings is 2. The second-order valence-electron chi connectivity index (χ2n) is 9.59. The highest BCUT2D eigenvalue weighted by molar-refractivity contribution is 5.89. The molecule has 6 heteroatoms. The Hall–Kier alpha value is -3.41. The number of nitrogens with one attached hydrogen (secondary N) is 1. The number of piperazine rings is 1. The van der Waals surface area contributed by atoms with Crippen LogP contribution in [0.1, 0.15) is 47.7 Å². The van der Waals surface area contributed by atoms with Gasteiger partial charge in [-0.3, -0.25) is 0 Å². The fourth-order valence-corrected chi connectivity index (χ4v) is 4.46. The van der Waals surface area contributed by atoms with Gasteiger partial charge in [-0.1, -0.05) is 49.7 Å². The normalized spacial score (nSPS) is 14.0. The first-order chi connectivity index (χ1) is 16.2. The molecule has 34 heavy (non-hydrogen) atoms. The molecule has 0 spiro atoms. The van der Waals surface area contributed by atoms with Crippen LogP contribution in [-0.2, 0) is 0 Å². The number of rotatable bonds is 4. The van der Waals surface area contributed by atoms with Gasteiger partial charge in [-0.2, -0.15) is 0 Å². The molecule has 0 aliphatic carbocycles. The standard InChI is InChI=1S/C28H35N5O/c1-18(2)25-22(6)29-26(23-10-7-19(3)8-11-23)31-27(25)32-13-15-33(16-14-32)28(34)30-24-12-9-20(4)21(5)17-24/h7-12,17-18H,13-16H2,1-6H3,(H,30,34). The van der Waals surface area contributed by atoms with Crippen molar-refractivity contribution in [2.45, 2.75) is 47.5 Å². The topological polar surface area (TPSA) is 61.4 Å². The van der Waals surface area contributed by atoms with Crippen molar-refractivity contribution in [2.24, 2.45) is 0 Å². The van der Waals surface area contributed by atoms with Crippen molar-refractivity contribution in [3.63, 3.8) is 0 Å². The van der Waals surface area contributed by atoms with Crippen LogP contribution in [0.3, 0.4) is 0 Å². The number of amides is 2. The Morgan fingerprint density at radius 2 is 1.56 bits per heavy atom. The van der Waals surface area contributed by atoms with E-state index in [0.29, 0.717) is 19.0 Å². The van der Waals surface area contributed by atoms with Crippen LogP contribution >= 0.6 is 0 Å². The van der Waals surface area contributed by atoms with Crippen LogP contribution in [0.4, 0.5) is 16.3 Å². The van der Waals surface area contributed by atoms with E-state index in [9.17, 15) is 4.79 Å². The van der Waals surface area contributed by atoms with Crippen LogP contribution in [0.2, 0.25) is 0 Å². The lowest BCUT2D eigenvalue weighted by molar-refractivity contribution is 0.208. The summed E-state index contributed by atoms with van der Waals surface area (Å²) < 4.78 is 0. The van der Waals surface area contributed by atoms with Gasteiger partial charge in [-0.25, -0.2) is 14.8 Å². The van der Waals surface area contributed by atoms with Crippen LogP contribution in [0.25, 0.3) is 11.4 Å². The van der Waals surface area contributed by atoms with E-state index in [1.54, 1.807) is 0 Å². The van der Waals surface area contributed by atoms with E-state index in [0.717, 1.165) is 41.7 Å². The number of carbonyl (C=O) groups excluding carboxylic acids is 1. The van der Waals surface area contributed by atoms with Gasteiger partial charge in [0.15, 0.2) is 5.82 Å². The predicted octanol–water partition coefficient (Wildman–Crippen LogP) is 5.85. The number of hydrogen-bond acceptors (Lipinski definition) is 4. The molecule has 178 valence electrons. The third kappa shape index (κ3) is 5.06. The van der Waals surface area contributed by atoms with Crippen LogP contribution in [0, 0.1) is 27.7 Å². The minimum Gasteiger partial charge on any atom is -0.353 e. The fourth-order valence-electron chi connectivity index (χ4n) is 4.46. The highest BCUT2D eigenvalue weighted by Crippen LogP contribution is 2.31. The van der Waals surface area contributed by atoms with Gasteiger partial charge in [0, 0.05) is 48.7 Å². The number of aromatic nitrogens is 2. The minimum absolute atomic E-state index is 0.0498. The summed E-state index contributed by atoms with van der Waals surface area (Å²) in [5.41, 5.74) is 7.68. The van der Waals surface area contributed by atoms with Crippen molar-refractivity contribution in [3.8, 4) is 11.4 Å². The average Bonchev–Trinajstić information content (AvgIpc) is 2.81. The van der Waals surface area contributed by atoms with Crippen molar-refractivity contribution in [1.29, 1.82) is 0 Å². The number of aryl methyl sites for hydroxylation is 4. The Bertz CT molecular complexity index is 1180. The third-order valence-electron chi connectivity index (χ3n) is 6.63. The molecule has 0 radical (unpaired) electrons. The van der Waals surface area contributed by atoms with Gasteiger partial charge in [0.05, 0.1) is 0 Å². The molecule has 2 heterocycles. The van der Waals surface area contributed by atoms with Crippen molar-refractivity contribution in [2.75, 3.05) is 36.4 Å². The summed E-state index contributed by atoms with van der Waals surface area (Å²) in [5, 5.41) is 3.05. The molecule has 0 atom stereocenters. The van der Waals surface area contributed by atoms with E-state index in [-0.39, 0.29) is 6.03 Å². The summed E-state index contributed by atoms with van der Waals surface area (Å²) in [6.45, 7) is 15.4. The summed E-state index contributed by atoms with van der Waals surface area (Å²) in [6.07, 6.45) is 0. The third-order valence-corrected chi connectivity index (χ3v) is 6.63. The highest BCUT2D eigenvalue weighted by atomic mass is 16.2. The lowest BCUT2D eigenvalue weighted by Gasteiger charge is -2.37. The summed E-state index contributed by atoms with van der Waals surface area (Å²) in [4.78, 5) is 26.9. The average molecular weight is 458 g/mol. The molecule has 1 aliphatic heterocycles. The molecule has 1 aliphatic rings. The number of nitrogens with zero attached hydrogens (tertiary/aromatic N) is 4. The van der Waals surface area contributed by atoms with E-state index in [4.69, 9.17) is 9.97 Å². The Kier molecular flexibility index (Phi) is 6.87. The molecule has 1 N–H and O–H groups in total. The van der Waals surface area contributed by atoms with E-state index >= 15 is 0 Å². The zero-order chi connectivity index (χ0) is 24.4. The van der Waals surface area contributed by atoms with Crippen LogP contribution < -0.4 is 10.2 Å². The zero-order valence-corrected chi connectivity index (χ0v) is 21.1. The predicted molar refractivity (Wildman–Crippen MR) is 140 cm³/mol. The molecule has 0 bridgehead atoms. The van der Waals surface area contributed by atoms with Gasteiger partial charge in [0.25, 0.3) is 0 Å². The molecular formula is C28H35N5O. The molecule has 0 unspecified atom stereocenters. The molecule has 0 saturated carbocycles. The first-order valence-electron chi connectivity index (χ1n) is 12.1. The zero-order valence-electron chi connectivity index (χ0n) is 21.1. The SMILES string of the molecule is Cc1ccc(-c2nc(C)c(C(C)C)c(N3CCN(C(=O)Nc4ccc(C)c(C)c4)CC3)n2)cc1. The van der Waals surface area contributed by atoms with Gasteiger partial charge in [0.2, 0.25) is 0 Å². The van der Waals surface area contributed by atoms with Gasteiger partial charge in [-0.15, -0.1) is 0 Å². The Balaban J connectivity index is 1.52. The van der Waals surface area contributed by atoms with Gasteiger partial charge < -0.3 is 15.1 Å². The smallest absolute Gasteiger partial charge is 0.321 e. The molecule has 1 fully saturated rings. The van der Waals surface area contributed by atoms with Crippen molar-refractivity contribution in [1.82, 2.24) is 14.9 Å². The first kappa shape index (κ1) is 23.7. The number of hydrogen-bond donors (Lipinski definition) is 1. The summed E-state index contributed by atoms with van der Waals surface area (Å²) in [6, 6.07) is 14.3. The summed E-state index contributed by atoms with van der Waals surface area (Å²) in [7, 11) is 0. The molecule has 4 rings (SSSR count). The maximum atomic E-state index is 12.9. The second-order valence-corrected chi connectivity index (χ2v) is 9.59. The lowest BCUT2D eigenvalue weighted by Crippen LogP contribution is -2.50. The highest BCUT2D eigenvalue weighted by Gasteiger charge is 2.26. The first-order valence-corrected chi connectivity index (χ1v) is 12.1. The Morgan fingerprint density at radius 3 is 2.18 bits per heavy atom. The number of carbonyl (C=O) groups is 1. The molecular weight excluding hydrogens is 422 g/mol. The van der Waals surface area contributed by atoms with E-state index in [1.165, 1.54) is 22.3 Å². The maximum absolute atomic E-state index is 12.9. The molecule has 1 aromatic heterocycles. The summed E-state index contributed by atoms with van der Waals surface area (Å²) in [5.74, 6) is 2.06. The minimum atomic E-state index is -0.0498. The largest absolute Gasteiger partial charge is 0.353 e. The quantitative estimate of drug-likeness (QED) is 0.533. The van der Waals surface area contributed by atoms with Crippen molar-refractivity contribution < 1.29 is 4.79 Å². The number of urea groups is 1. The van der Waals surface area contributed by atoms with Crippen molar-refractivity contribution in [3.05, 3.63) is 70.4 Å². The van der Waals surface area contributed by atoms with Gasteiger partial charge in [-0.05, 0) is 56.9 Å². The molecule has 3 aromatic rings. The van der Waals surface area contributed by atoms with Crippen molar-refractivity contribution >= 4 is 17.5 Å². The summed E-state index contributed by atoms with van der Waals surface area (Å²) >= 11 is 0. The second kappa shape index (κ2) is 9.84. The lowest BCUT2D eigenvalue weighted by atomic mass is 10.0. The van der Waals surface area contributed by atoms with Gasteiger partial charge in [0.1, 0.15) is 5.82 Å². The maximum Gasteiger partial charge on any atom is 0.321 e.